The molecule has 0 bridgehead atoms. The van der Waals surface area contributed by atoms with Crippen molar-refractivity contribution in [2.45, 2.75) is 38.7 Å². The molecule has 0 saturated heterocycles. The molecule has 80 valence electrons. The van der Waals surface area contributed by atoms with Gasteiger partial charge in [0.05, 0.1) is 6.10 Å². The summed E-state index contributed by atoms with van der Waals surface area (Å²) < 4.78 is 0. The van der Waals surface area contributed by atoms with Crippen LogP contribution < -0.4 is 5.48 Å². The van der Waals surface area contributed by atoms with Crippen LogP contribution in [0, 0.1) is 0 Å². The number of carboxylic acid groups (broad SMARTS) is 1. The van der Waals surface area contributed by atoms with Crippen molar-refractivity contribution in [2.24, 2.45) is 0 Å². The number of aliphatic carboxylic acids is 1. The van der Waals surface area contributed by atoms with Crippen LogP contribution in [0.1, 0.15) is 32.6 Å². The van der Waals surface area contributed by atoms with Gasteiger partial charge in [-0.1, -0.05) is 12.8 Å². The fraction of sp³-hybridized carbons (Fsp3) is 0.700. The van der Waals surface area contributed by atoms with Gasteiger partial charge in [0.1, 0.15) is 0 Å². The van der Waals surface area contributed by atoms with Crippen molar-refractivity contribution in [3.63, 3.8) is 0 Å². The number of hydrogen-bond donors (Lipinski definition) is 2. The lowest BCUT2D eigenvalue weighted by Crippen LogP contribution is -2.23. The average molecular weight is 199 g/mol. The first-order valence-electron chi connectivity index (χ1n) is 4.97. The van der Waals surface area contributed by atoms with Crippen LogP contribution in [0.3, 0.4) is 0 Å². The van der Waals surface area contributed by atoms with Crippen LogP contribution in [0.15, 0.2) is 11.6 Å². The predicted molar refractivity (Wildman–Crippen MR) is 52.7 cm³/mol. The third-order valence-electron chi connectivity index (χ3n) is 2.27. The predicted octanol–water partition coefficient (Wildman–Crippen LogP) is 1.48. The second-order valence-corrected chi connectivity index (χ2v) is 3.67. The SMILES string of the molecule is CC(=CC(=O)O)CNOC1CCCC1. The van der Waals surface area contributed by atoms with Crippen molar-refractivity contribution in [1.82, 2.24) is 5.48 Å². The van der Waals surface area contributed by atoms with Crippen molar-refractivity contribution in [2.75, 3.05) is 6.54 Å². The van der Waals surface area contributed by atoms with Crippen LogP contribution in [0.4, 0.5) is 0 Å². The highest BCUT2D eigenvalue weighted by molar-refractivity contribution is 5.80. The van der Waals surface area contributed by atoms with E-state index in [-0.39, 0.29) is 0 Å². The molecule has 0 radical (unpaired) electrons. The molecule has 4 heteroatoms. The lowest BCUT2D eigenvalue weighted by Gasteiger charge is -2.11. The number of carboxylic acids is 1. The molecule has 0 aromatic carbocycles. The van der Waals surface area contributed by atoms with Crippen LogP contribution in [0.25, 0.3) is 0 Å². The van der Waals surface area contributed by atoms with Crippen molar-refractivity contribution in [3.05, 3.63) is 11.6 Å². The number of hydroxylamine groups is 1. The van der Waals surface area contributed by atoms with Gasteiger partial charge in [-0.25, -0.2) is 4.79 Å². The molecule has 1 rings (SSSR count). The van der Waals surface area contributed by atoms with Gasteiger partial charge in [-0.15, -0.1) is 0 Å². The Labute approximate surface area is 83.9 Å². The normalized spacial score (nSPS) is 18.8. The molecule has 0 unspecified atom stereocenters. The third kappa shape index (κ3) is 4.39. The Hall–Kier alpha value is -0.870. The lowest BCUT2D eigenvalue weighted by atomic mass is 10.3. The highest BCUT2D eigenvalue weighted by Gasteiger charge is 2.15. The smallest absolute Gasteiger partial charge is 0.328 e. The number of carbonyl (C=O) groups is 1. The van der Waals surface area contributed by atoms with Gasteiger partial charge in [-0.2, -0.15) is 5.48 Å². The van der Waals surface area contributed by atoms with Crippen molar-refractivity contribution >= 4 is 5.97 Å². The summed E-state index contributed by atoms with van der Waals surface area (Å²) in [4.78, 5) is 15.7. The third-order valence-corrected chi connectivity index (χ3v) is 2.27. The number of nitrogens with one attached hydrogen (secondary N) is 1. The van der Waals surface area contributed by atoms with Crippen LogP contribution >= 0.6 is 0 Å². The Morgan fingerprint density at radius 3 is 2.79 bits per heavy atom. The minimum absolute atomic E-state index is 0.313. The van der Waals surface area contributed by atoms with Crippen molar-refractivity contribution in [1.29, 1.82) is 0 Å². The number of hydrogen-bond acceptors (Lipinski definition) is 3. The van der Waals surface area contributed by atoms with E-state index in [0.717, 1.165) is 18.4 Å². The molecular weight excluding hydrogens is 182 g/mol. The Morgan fingerprint density at radius 1 is 1.57 bits per heavy atom. The van der Waals surface area contributed by atoms with E-state index in [1.807, 2.05) is 0 Å². The van der Waals surface area contributed by atoms with Gasteiger partial charge in [-0.3, -0.25) is 4.84 Å². The molecule has 0 atom stereocenters. The lowest BCUT2D eigenvalue weighted by molar-refractivity contribution is -0.131. The molecule has 0 spiro atoms. The summed E-state index contributed by atoms with van der Waals surface area (Å²) in [5.74, 6) is -0.912. The molecule has 1 saturated carbocycles. The highest BCUT2D eigenvalue weighted by Crippen LogP contribution is 2.19. The highest BCUT2D eigenvalue weighted by atomic mass is 16.7. The zero-order valence-corrected chi connectivity index (χ0v) is 8.45. The minimum Gasteiger partial charge on any atom is -0.478 e. The molecule has 0 aromatic rings. The molecule has 4 nitrogen and oxygen atoms in total. The molecule has 1 aliphatic carbocycles. The fourth-order valence-electron chi connectivity index (χ4n) is 1.54. The van der Waals surface area contributed by atoms with E-state index < -0.39 is 5.97 Å². The van der Waals surface area contributed by atoms with Gasteiger partial charge in [-0.05, 0) is 25.3 Å². The largest absolute Gasteiger partial charge is 0.478 e. The Morgan fingerprint density at radius 2 is 2.21 bits per heavy atom. The summed E-state index contributed by atoms with van der Waals surface area (Å²) in [5.41, 5.74) is 3.56. The van der Waals surface area contributed by atoms with Crippen LogP contribution in [0.5, 0.6) is 0 Å². The quantitative estimate of drug-likeness (QED) is 0.520. The summed E-state index contributed by atoms with van der Waals surface area (Å²) in [5, 5.41) is 8.45. The van der Waals surface area contributed by atoms with Crippen LogP contribution in [-0.2, 0) is 9.63 Å². The van der Waals surface area contributed by atoms with Gasteiger partial charge >= 0.3 is 5.97 Å². The maximum Gasteiger partial charge on any atom is 0.328 e. The van der Waals surface area contributed by atoms with Crippen molar-refractivity contribution in [3.8, 4) is 0 Å². The van der Waals surface area contributed by atoms with E-state index in [9.17, 15) is 4.79 Å². The monoisotopic (exact) mass is 199 g/mol. The van der Waals surface area contributed by atoms with Gasteiger partial charge in [0.2, 0.25) is 0 Å². The zero-order chi connectivity index (χ0) is 10.4. The summed E-state index contributed by atoms with van der Waals surface area (Å²) in [6.45, 7) is 2.24. The molecule has 0 amide bonds. The molecule has 0 heterocycles. The van der Waals surface area contributed by atoms with E-state index in [1.165, 1.54) is 18.9 Å². The standard InChI is InChI=1S/C10H17NO3/c1-8(6-10(12)13)7-11-14-9-4-2-3-5-9/h6,9,11H,2-5,7H2,1H3,(H,12,13). The van der Waals surface area contributed by atoms with E-state index in [0.29, 0.717) is 12.6 Å². The maximum absolute atomic E-state index is 10.3. The van der Waals surface area contributed by atoms with Gasteiger partial charge in [0, 0.05) is 12.6 Å². The average Bonchev–Trinajstić information content (AvgIpc) is 2.55. The van der Waals surface area contributed by atoms with E-state index >= 15 is 0 Å². The van der Waals surface area contributed by atoms with Crippen LogP contribution in [-0.4, -0.2) is 23.7 Å². The minimum atomic E-state index is -0.912. The summed E-state index contributed by atoms with van der Waals surface area (Å²) in [6, 6.07) is 0. The molecule has 14 heavy (non-hydrogen) atoms. The maximum atomic E-state index is 10.3. The first-order valence-corrected chi connectivity index (χ1v) is 4.97. The molecular formula is C10H17NO3. The summed E-state index contributed by atoms with van der Waals surface area (Å²) in [7, 11) is 0. The van der Waals surface area contributed by atoms with E-state index in [2.05, 4.69) is 5.48 Å². The summed E-state index contributed by atoms with van der Waals surface area (Å²) in [6.07, 6.45) is 6.17. The van der Waals surface area contributed by atoms with Gasteiger partial charge in [0.25, 0.3) is 0 Å². The molecule has 2 N–H and O–H groups in total. The summed E-state index contributed by atoms with van der Waals surface area (Å²) >= 11 is 0. The van der Waals surface area contributed by atoms with Gasteiger partial charge in [0.15, 0.2) is 0 Å². The topological polar surface area (TPSA) is 58.6 Å². The first kappa shape index (κ1) is 11.2. The zero-order valence-electron chi connectivity index (χ0n) is 8.45. The first-order chi connectivity index (χ1) is 6.68. The van der Waals surface area contributed by atoms with Crippen LogP contribution in [0.2, 0.25) is 0 Å². The molecule has 1 aliphatic rings. The second kappa shape index (κ2) is 5.78. The number of rotatable bonds is 5. The molecule has 0 aliphatic heterocycles. The fourth-order valence-corrected chi connectivity index (χ4v) is 1.54. The van der Waals surface area contributed by atoms with Crippen molar-refractivity contribution < 1.29 is 14.7 Å². The Balaban J connectivity index is 2.11. The van der Waals surface area contributed by atoms with E-state index in [4.69, 9.17) is 9.94 Å². The Kier molecular flexibility index (Phi) is 4.62. The Bertz CT molecular complexity index is 219. The second-order valence-electron chi connectivity index (χ2n) is 3.67. The molecule has 1 fully saturated rings. The molecule has 0 aromatic heterocycles. The van der Waals surface area contributed by atoms with E-state index in [1.54, 1.807) is 6.92 Å². The van der Waals surface area contributed by atoms with Gasteiger partial charge < -0.3 is 5.11 Å².